The molecule has 0 bridgehead atoms. The highest BCUT2D eigenvalue weighted by Crippen LogP contribution is 2.47. The lowest BCUT2D eigenvalue weighted by atomic mass is 9.65. The quantitative estimate of drug-likeness (QED) is 0.841. The molecular formula is C19H19NO. The standard InChI is InChI=1S/C19H19NO/c20-19(21)18-16-8-4-3-7-14(16)10-15-9-12-5-1-2-6-13(12)11-17(15)18/h1-2,5-6,11,14-15H,3,7-10H2,(H2,20,21). The summed E-state index contributed by atoms with van der Waals surface area (Å²) in [5.41, 5.74) is 11.6. The van der Waals surface area contributed by atoms with E-state index in [2.05, 4.69) is 36.8 Å². The SMILES string of the molecule is NC(=O)C1=C2C[C]CCC2CC2Cc3ccccc3C=C12. The van der Waals surface area contributed by atoms with E-state index in [1.54, 1.807) is 0 Å². The largest absolute Gasteiger partial charge is 0.366 e. The first-order valence-electron chi connectivity index (χ1n) is 7.77. The van der Waals surface area contributed by atoms with Gasteiger partial charge in [-0.2, -0.15) is 0 Å². The zero-order valence-electron chi connectivity index (χ0n) is 12.1. The summed E-state index contributed by atoms with van der Waals surface area (Å²) >= 11 is 0. The predicted octanol–water partition coefficient (Wildman–Crippen LogP) is 3.31. The summed E-state index contributed by atoms with van der Waals surface area (Å²) in [6.07, 6.45) is 10.8. The van der Waals surface area contributed by atoms with E-state index in [0.717, 1.165) is 37.7 Å². The average molecular weight is 277 g/mol. The van der Waals surface area contributed by atoms with Crippen LogP contribution in [0.3, 0.4) is 0 Å². The van der Waals surface area contributed by atoms with Crippen molar-refractivity contribution >= 4 is 12.0 Å². The molecule has 4 rings (SSSR count). The van der Waals surface area contributed by atoms with Crippen LogP contribution < -0.4 is 5.73 Å². The van der Waals surface area contributed by atoms with Crippen LogP contribution in [0.1, 0.15) is 36.8 Å². The molecule has 2 heteroatoms. The molecule has 2 radical (unpaired) electrons. The molecular weight excluding hydrogens is 258 g/mol. The number of carbonyl (C=O) groups is 1. The Morgan fingerprint density at radius 1 is 1.24 bits per heavy atom. The van der Waals surface area contributed by atoms with E-state index in [0.29, 0.717) is 11.8 Å². The molecule has 1 amide bonds. The van der Waals surface area contributed by atoms with Gasteiger partial charge in [0.1, 0.15) is 0 Å². The van der Waals surface area contributed by atoms with Crippen LogP contribution in [0.4, 0.5) is 0 Å². The number of rotatable bonds is 1. The summed E-state index contributed by atoms with van der Waals surface area (Å²) < 4.78 is 0. The predicted molar refractivity (Wildman–Crippen MR) is 83.0 cm³/mol. The average Bonchev–Trinajstić information content (AvgIpc) is 2.50. The number of fused-ring (bicyclic) bond motifs is 3. The van der Waals surface area contributed by atoms with Gasteiger partial charge in [0.15, 0.2) is 0 Å². The monoisotopic (exact) mass is 277 g/mol. The molecule has 1 fully saturated rings. The third kappa shape index (κ3) is 2.05. The van der Waals surface area contributed by atoms with Crippen LogP contribution in [0.25, 0.3) is 6.08 Å². The van der Waals surface area contributed by atoms with Crippen molar-refractivity contribution in [1.29, 1.82) is 0 Å². The maximum Gasteiger partial charge on any atom is 0.248 e. The van der Waals surface area contributed by atoms with Crippen LogP contribution >= 0.6 is 0 Å². The van der Waals surface area contributed by atoms with Crippen molar-refractivity contribution < 1.29 is 4.79 Å². The van der Waals surface area contributed by atoms with Gasteiger partial charge in [-0.1, -0.05) is 35.9 Å². The number of nitrogens with two attached hydrogens (primary N) is 1. The first-order chi connectivity index (χ1) is 10.2. The van der Waals surface area contributed by atoms with Gasteiger partial charge in [0.2, 0.25) is 5.91 Å². The van der Waals surface area contributed by atoms with Crippen molar-refractivity contribution in [2.75, 3.05) is 0 Å². The fourth-order valence-corrected chi connectivity index (χ4v) is 4.21. The van der Waals surface area contributed by atoms with Gasteiger partial charge in [-0.15, -0.1) is 0 Å². The highest BCUT2D eigenvalue weighted by Gasteiger charge is 2.37. The Bertz CT molecular complexity index is 668. The summed E-state index contributed by atoms with van der Waals surface area (Å²) in [5.74, 6) is 0.726. The Morgan fingerprint density at radius 3 is 2.95 bits per heavy atom. The summed E-state index contributed by atoms with van der Waals surface area (Å²) in [5, 5.41) is 0. The van der Waals surface area contributed by atoms with Crippen LogP contribution in [-0.4, -0.2) is 5.91 Å². The second-order valence-corrected chi connectivity index (χ2v) is 6.36. The van der Waals surface area contributed by atoms with Crippen molar-refractivity contribution in [3.8, 4) is 0 Å². The number of benzene rings is 1. The molecule has 2 atom stereocenters. The molecule has 0 aliphatic heterocycles. The first-order valence-corrected chi connectivity index (χ1v) is 7.77. The van der Waals surface area contributed by atoms with E-state index in [1.165, 1.54) is 22.3 Å². The van der Waals surface area contributed by atoms with E-state index < -0.39 is 0 Å². The van der Waals surface area contributed by atoms with Crippen LogP contribution in [0.2, 0.25) is 0 Å². The maximum atomic E-state index is 12.1. The van der Waals surface area contributed by atoms with E-state index in [4.69, 9.17) is 5.73 Å². The fourth-order valence-electron chi connectivity index (χ4n) is 4.21. The van der Waals surface area contributed by atoms with Crippen molar-refractivity contribution in [3.63, 3.8) is 0 Å². The number of hydrogen-bond donors (Lipinski definition) is 1. The van der Waals surface area contributed by atoms with Crippen molar-refractivity contribution in [2.45, 2.75) is 32.1 Å². The Morgan fingerprint density at radius 2 is 2.10 bits per heavy atom. The van der Waals surface area contributed by atoms with Crippen molar-refractivity contribution in [1.82, 2.24) is 0 Å². The first kappa shape index (κ1) is 12.9. The van der Waals surface area contributed by atoms with Gasteiger partial charge in [0, 0.05) is 5.57 Å². The molecule has 1 saturated carbocycles. The van der Waals surface area contributed by atoms with Crippen LogP contribution in [0.15, 0.2) is 41.0 Å². The molecule has 3 aliphatic carbocycles. The molecule has 21 heavy (non-hydrogen) atoms. The minimum Gasteiger partial charge on any atom is -0.366 e. The Kier molecular flexibility index (Phi) is 2.99. The molecule has 0 heterocycles. The number of hydrogen-bond acceptors (Lipinski definition) is 1. The van der Waals surface area contributed by atoms with Crippen molar-refractivity contribution in [3.05, 3.63) is 58.5 Å². The Labute approximate surface area is 125 Å². The van der Waals surface area contributed by atoms with Crippen LogP contribution in [0, 0.1) is 18.3 Å². The Hall–Kier alpha value is -1.83. The zero-order chi connectivity index (χ0) is 14.4. The van der Waals surface area contributed by atoms with E-state index >= 15 is 0 Å². The number of carbonyl (C=O) groups excluding carboxylic acids is 1. The molecule has 0 saturated heterocycles. The summed E-state index contributed by atoms with van der Waals surface area (Å²) in [6, 6.07) is 8.49. The molecule has 0 aromatic heterocycles. The van der Waals surface area contributed by atoms with Gasteiger partial charge >= 0.3 is 0 Å². The van der Waals surface area contributed by atoms with Crippen LogP contribution in [0.5, 0.6) is 0 Å². The lowest BCUT2D eigenvalue weighted by Crippen LogP contribution is -2.32. The second kappa shape index (κ2) is 4.87. The van der Waals surface area contributed by atoms with Gasteiger partial charge in [0.25, 0.3) is 0 Å². The third-order valence-corrected chi connectivity index (χ3v) is 5.18. The summed E-state index contributed by atoms with van der Waals surface area (Å²) in [4.78, 5) is 12.1. The smallest absolute Gasteiger partial charge is 0.248 e. The molecule has 2 unspecified atom stereocenters. The van der Waals surface area contributed by atoms with Gasteiger partial charge in [-0.3, -0.25) is 4.79 Å². The maximum absolute atomic E-state index is 12.1. The molecule has 2 N–H and O–H groups in total. The normalized spacial score (nSPS) is 27.3. The van der Waals surface area contributed by atoms with Gasteiger partial charge < -0.3 is 5.73 Å². The lowest BCUT2D eigenvalue weighted by Gasteiger charge is -2.39. The molecule has 2 nitrogen and oxygen atoms in total. The van der Waals surface area contributed by atoms with Gasteiger partial charge in [-0.05, 0) is 67.1 Å². The Balaban J connectivity index is 1.88. The number of amides is 1. The summed E-state index contributed by atoms with van der Waals surface area (Å²) in [6.45, 7) is 0. The second-order valence-electron chi connectivity index (χ2n) is 6.36. The minimum atomic E-state index is -0.256. The molecule has 1 aromatic rings. The van der Waals surface area contributed by atoms with Crippen molar-refractivity contribution in [2.24, 2.45) is 17.6 Å². The van der Waals surface area contributed by atoms with E-state index in [9.17, 15) is 4.79 Å². The number of allylic oxidation sites excluding steroid dienone is 1. The highest BCUT2D eigenvalue weighted by molar-refractivity contribution is 6.00. The van der Waals surface area contributed by atoms with E-state index in [-0.39, 0.29) is 5.91 Å². The molecule has 106 valence electrons. The zero-order valence-corrected chi connectivity index (χ0v) is 12.1. The van der Waals surface area contributed by atoms with Crippen LogP contribution in [-0.2, 0) is 11.2 Å². The molecule has 3 aliphatic rings. The lowest BCUT2D eigenvalue weighted by molar-refractivity contribution is -0.114. The topological polar surface area (TPSA) is 43.1 Å². The highest BCUT2D eigenvalue weighted by atomic mass is 16.1. The summed E-state index contributed by atoms with van der Waals surface area (Å²) in [7, 11) is 0. The molecule has 1 aromatic carbocycles. The van der Waals surface area contributed by atoms with E-state index in [1.807, 2.05) is 0 Å². The van der Waals surface area contributed by atoms with Gasteiger partial charge in [0.05, 0.1) is 0 Å². The number of primary amides is 1. The third-order valence-electron chi connectivity index (χ3n) is 5.18. The van der Waals surface area contributed by atoms with Gasteiger partial charge in [-0.25, -0.2) is 0 Å². The fraction of sp³-hybridized carbons (Fsp3) is 0.368. The minimum absolute atomic E-state index is 0.256. The molecule has 0 spiro atoms.